The third-order valence-electron chi connectivity index (χ3n) is 2.45. The molecule has 0 fully saturated rings. The van der Waals surface area contributed by atoms with E-state index in [2.05, 4.69) is 10.2 Å². The van der Waals surface area contributed by atoms with Crippen molar-refractivity contribution >= 4 is 11.8 Å². The van der Waals surface area contributed by atoms with Crippen molar-refractivity contribution in [3.63, 3.8) is 0 Å². The number of aliphatic hydroxyl groups excluding tert-OH is 1. The first kappa shape index (κ1) is 13.0. The maximum atomic E-state index is 13.5. The molecule has 4 nitrogen and oxygen atoms in total. The van der Waals surface area contributed by atoms with E-state index >= 15 is 0 Å². The summed E-state index contributed by atoms with van der Waals surface area (Å²) in [5.74, 6) is 0.131. The second kappa shape index (κ2) is 5.07. The third-order valence-corrected chi connectivity index (χ3v) is 3.36. The lowest BCUT2D eigenvalue weighted by Gasteiger charge is -2.11. The minimum absolute atomic E-state index is 0.336. The van der Waals surface area contributed by atoms with E-state index in [1.54, 1.807) is 26.8 Å². The highest BCUT2D eigenvalue weighted by Gasteiger charge is 2.15. The molecule has 0 bridgehead atoms. The van der Waals surface area contributed by atoms with Gasteiger partial charge in [-0.1, -0.05) is 0 Å². The summed E-state index contributed by atoms with van der Waals surface area (Å²) in [6.07, 6.45) is -0.758. The van der Waals surface area contributed by atoms with Gasteiger partial charge in [0.15, 0.2) is 0 Å². The molecule has 1 aromatic heterocycles. The van der Waals surface area contributed by atoms with Crippen molar-refractivity contribution in [2.75, 3.05) is 0 Å². The number of benzene rings is 1. The van der Waals surface area contributed by atoms with Crippen LogP contribution in [0.4, 0.5) is 4.39 Å². The minimum atomic E-state index is -0.758. The number of nitrogens with zero attached hydrogens (tertiary/aromatic N) is 2. The molecule has 0 aliphatic heterocycles. The summed E-state index contributed by atoms with van der Waals surface area (Å²) in [5.41, 5.74) is 1.03. The number of rotatable bonds is 3. The molecule has 1 aromatic carbocycles. The average molecular weight is 268 g/mol. The molecule has 18 heavy (non-hydrogen) atoms. The largest absolute Gasteiger partial charge is 0.416 e. The molecular formula is C12H13FN2O2S. The van der Waals surface area contributed by atoms with Gasteiger partial charge in [-0.05, 0) is 48.9 Å². The Bertz CT molecular complexity index is 569. The average Bonchev–Trinajstić information content (AvgIpc) is 2.68. The van der Waals surface area contributed by atoms with Crippen molar-refractivity contribution < 1.29 is 13.9 Å². The fourth-order valence-corrected chi connectivity index (χ4v) is 2.51. The van der Waals surface area contributed by atoms with Crippen molar-refractivity contribution in [1.82, 2.24) is 10.2 Å². The molecule has 2 aromatic rings. The molecule has 1 N–H and O–H groups in total. The summed E-state index contributed by atoms with van der Waals surface area (Å²) < 4.78 is 18.7. The van der Waals surface area contributed by atoms with E-state index in [0.717, 1.165) is 0 Å². The molecule has 0 aliphatic rings. The lowest BCUT2D eigenvalue weighted by Crippen LogP contribution is -1.97. The summed E-state index contributed by atoms with van der Waals surface area (Å²) in [5, 5.41) is 17.6. The van der Waals surface area contributed by atoms with Crippen LogP contribution in [-0.4, -0.2) is 15.3 Å². The van der Waals surface area contributed by atoms with Crippen molar-refractivity contribution in [3.05, 3.63) is 35.0 Å². The van der Waals surface area contributed by atoms with Gasteiger partial charge in [-0.3, -0.25) is 0 Å². The molecule has 0 radical (unpaired) electrons. The summed E-state index contributed by atoms with van der Waals surface area (Å²) in [7, 11) is 0. The van der Waals surface area contributed by atoms with Crippen molar-refractivity contribution in [2.24, 2.45) is 0 Å². The Labute approximate surface area is 108 Å². The lowest BCUT2D eigenvalue weighted by molar-refractivity contribution is 0.195. The van der Waals surface area contributed by atoms with E-state index in [4.69, 9.17) is 4.42 Å². The summed E-state index contributed by atoms with van der Waals surface area (Å²) in [6.45, 7) is 4.96. The second-order valence-electron chi connectivity index (χ2n) is 4.00. The number of hydrogen-bond donors (Lipinski definition) is 1. The van der Waals surface area contributed by atoms with Gasteiger partial charge in [0.1, 0.15) is 5.82 Å². The highest BCUT2D eigenvalue weighted by molar-refractivity contribution is 7.99. The monoisotopic (exact) mass is 268 g/mol. The standard InChI is InChI=1S/C12H13FN2O2S/c1-6-4-11(9(7(2)16)5-10(6)13)18-12-15-14-8(3)17-12/h4-5,7,16H,1-3H3. The maximum Gasteiger partial charge on any atom is 0.281 e. The predicted octanol–water partition coefficient (Wildman–Crippen LogP) is 3.03. The Morgan fingerprint density at radius 1 is 1.33 bits per heavy atom. The van der Waals surface area contributed by atoms with Crippen LogP contribution in [0, 0.1) is 19.7 Å². The summed E-state index contributed by atoms with van der Waals surface area (Å²) >= 11 is 1.22. The molecule has 0 saturated heterocycles. The molecule has 1 unspecified atom stereocenters. The van der Waals surface area contributed by atoms with Crippen LogP contribution in [0.5, 0.6) is 0 Å². The predicted molar refractivity (Wildman–Crippen MR) is 64.9 cm³/mol. The number of aromatic nitrogens is 2. The normalized spacial score (nSPS) is 12.7. The third kappa shape index (κ3) is 2.70. The Balaban J connectivity index is 2.39. The van der Waals surface area contributed by atoms with E-state index in [1.807, 2.05) is 0 Å². The summed E-state index contributed by atoms with van der Waals surface area (Å²) in [4.78, 5) is 0.715. The van der Waals surface area contributed by atoms with E-state index in [9.17, 15) is 9.50 Å². The Morgan fingerprint density at radius 3 is 2.61 bits per heavy atom. The van der Waals surface area contributed by atoms with Gasteiger partial charge in [0.05, 0.1) is 6.10 Å². The zero-order valence-electron chi connectivity index (χ0n) is 10.3. The molecule has 0 amide bonds. The van der Waals surface area contributed by atoms with E-state index in [-0.39, 0.29) is 5.82 Å². The topological polar surface area (TPSA) is 59.2 Å². The Kier molecular flexibility index (Phi) is 3.68. The molecule has 6 heteroatoms. The second-order valence-corrected chi connectivity index (χ2v) is 5.00. The molecule has 1 atom stereocenters. The van der Waals surface area contributed by atoms with Crippen LogP contribution in [0.1, 0.15) is 30.0 Å². The number of hydrogen-bond acceptors (Lipinski definition) is 5. The Hall–Kier alpha value is -1.40. The van der Waals surface area contributed by atoms with Crippen LogP contribution in [0.3, 0.4) is 0 Å². The van der Waals surface area contributed by atoms with Crippen LogP contribution >= 0.6 is 11.8 Å². The van der Waals surface area contributed by atoms with Gasteiger partial charge in [0.2, 0.25) is 5.89 Å². The lowest BCUT2D eigenvalue weighted by atomic mass is 10.1. The van der Waals surface area contributed by atoms with Gasteiger partial charge in [-0.15, -0.1) is 10.2 Å². The van der Waals surface area contributed by atoms with Crippen molar-refractivity contribution in [2.45, 2.75) is 37.0 Å². The highest BCUT2D eigenvalue weighted by atomic mass is 32.2. The van der Waals surface area contributed by atoms with Crippen LogP contribution in [-0.2, 0) is 0 Å². The SMILES string of the molecule is Cc1nnc(Sc2cc(C)c(F)cc2C(C)O)o1. The zero-order chi connectivity index (χ0) is 13.3. The molecule has 2 rings (SSSR count). The fraction of sp³-hybridized carbons (Fsp3) is 0.333. The van der Waals surface area contributed by atoms with Gasteiger partial charge < -0.3 is 9.52 Å². The van der Waals surface area contributed by atoms with Crippen LogP contribution in [0.25, 0.3) is 0 Å². The van der Waals surface area contributed by atoms with E-state index in [1.165, 1.54) is 17.8 Å². The van der Waals surface area contributed by atoms with E-state index in [0.29, 0.717) is 27.1 Å². The molecule has 0 saturated carbocycles. The van der Waals surface area contributed by atoms with Gasteiger partial charge in [-0.25, -0.2) is 4.39 Å². The summed E-state index contributed by atoms with van der Waals surface area (Å²) in [6, 6.07) is 3.01. The van der Waals surface area contributed by atoms with Crippen LogP contribution in [0.2, 0.25) is 0 Å². The Morgan fingerprint density at radius 2 is 2.06 bits per heavy atom. The van der Waals surface area contributed by atoms with Gasteiger partial charge >= 0.3 is 0 Å². The molecule has 0 aliphatic carbocycles. The molecular weight excluding hydrogens is 255 g/mol. The smallest absolute Gasteiger partial charge is 0.281 e. The highest BCUT2D eigenvalue weighted by Crippen LogP contribution is 2.34. The minimum Gasteiger partial charge on any atom is -0.416 e. The van der Waals surface area contributed by atoms with Crippen LogP contribution < -0.4 is 0 Å². The number of aryl methyl sites for hydroxylation is 2. The maximum absolute atomic E-state index is 13.5. The fourth-order valence-electron chi connectivity index (χ4n) is 1.50. The van der Waals surface area contributed by atoms with Gasteiger partial charge in [0.25, 0.3) is 5.22 Å². The van der Waals surface area contributed by atoms with Gasteiger partial charge in [0, 0.05) is 11.8 Å². The molecule has 0 spiro atoms. The zero-order valence-corrected chi connectivity index (χ0v) is 11.1. The van der Waals surface area contributed by atoms with Crippen LogP contribution in [0.15, 0.2) is 26.7 Å². The quantitative estimate of drug-likeness (QED) is 0.927. The molecule has 1 heterocycles. The van der Waals surface area contributed by atoms with Crippen molar-refractivity contribution in [3.8, 4) is 0 Å². The first-order valence-electron chi connectivity index (χ1n) is 5.43. The molecule has 96 valence electrons. The van der Waals surface area contributed by atoms with Crippen molar-refractivity contribution in [1.29, 1.82) is 0 Å². The first-order valence-corrected chi connectivity index (χ1v) is 6.25. The van der Waals surface area contributed by atoms with Gasteiger partial charge in [-0.2, -0.15) is 0 Å². The number of halogens is 1. The van der Waals surface area contributed by atoms with E-state index < -0.39 is 6.10 Å². The number of aliphatic hydroxyl groups is 1. The first-order chi connectivity index (χ1) is 8.47.